The molecule has 6 nitrogen and oxygen atoms in total. The normalized spacial score (nSPS) is 23.4. The molecule has 28 heavy (non-hydrogen) atoms. The molecule has 1 N–H and O–H groups in total. The number of halogens is 2. The lowest BCUT2D eigenvalue weighted by molar-refractivity contribution is -0.145. The van der Waals surface area contributed by atoms with E-state index in [0.717, 1.165) is 6.08 Å². The average molecular weight is 409 g/mol. The van der Waals surface area contributed by atoms with Crippen LogP contribution < -0.4 is 0 Å². The van der Waals surface area contributed by atoms with Crippen LogP contribution in [0.2, 0.25) is 0 Å². The van der Waals surface area contributed by atoms with E-state index in [4.69, 9.17) is 11.6 Å². The molecule has 0 saturated heterocycles. The van der Waals surface area contributed by atoms with Crippen molar-refractivity contribution in [1.29, 1.82) is 5.26 Å². The van der Waals surface area contributed by atoms with Gasteiger partial charge in [-0.3, -0.25) is 4.79 Å². The number of esters is 1. The second kappa shape index (κ2) is 8.19. The molecule has 1 aliphatic rings. The third-order valence-corrected chi connectivity index (χ3v) is 5.66. The largest absolute Gasteiger partial charge is 0.481 e. The molecule has 0 aromatic carbocycles. The summed E-state index contributed by atoms with van der Waals surface area (Å²) in [4.78, 5) is 23.7. The van der Waals surface area contributed by atoms with Crippen LogP contribution in [-0.4, -0.2) is 28.2 Å². The Kier molecular flexibility index (Phi) is 6.35. The highest BCUT2D eigenvalue weighted by Crippen LogP contribution is 2.71. The monoisotopic (exact) mass is 408 g/mol. The van der Waals surface area contributed by atoms with Crippen LogP contribution in [0.4, 0.5) is 4.39 Å². The summed E-state index contributed by atoms with van der Waals surface area (Å²) in [6, 6.07) is 3.67. The Balaban J connectivity index is 2.36. The van der Waals surface area contributed by atoms with Gasteiger partial charge in [0, 0.05) is 24.2 Å². The van der Waals surface area contributed by atoms with Crippen LogP contribution in [-0.2, 0) is 27.3 Å². The van der Waals surface area contributed by atoms with Crippen LogP contribution in [0.3, 0.4) is 0 Å². The van der Waals surface area contributed by atoms with Gasteiger partial charge in [0.1, 0.15) is 11.8 Å². The Bertz CT molecular complexity index is 881. The fraction of sp³-hybridized carbons (Fsp3) is 0.450. The SMILES string of the molecule is CCOC(=O)C(F)=C[C@@H]1C(C)(C)[C@]1(Cc1cc(C#N)n(CC=CCl)c1)C(=O)O. The van der Waals surface area contributed by atoms with Gasteiger partial charge in [-0.25, -0.2) is 4.79 Å². The molecule has 0 aliphatic heterocycles. The van der Waals surface area contributed by atoms with Gasteiger partial charge in [-0.05, 0) is 36.5 Å². The number of aliphatic carboxylic acids is 1. The number of allylic oxidation sites excluding steroid dienone is 2. The van der Waals surface area contributed by atoms with E-state index in [1.54, 1.807) is 43.7 Å². The summed E-state index contributed by atoms with van der Waals surface area (Å²) in [6.45, 7) is 5.40. The minimum Gasteiger partial charge on any atom is -0.481 e. The summed E-state index contributed by atoms with van der Waals surface area (Å²) < 4.78 is 20.4. The maximum atomic E-state index is 14.2. The van der Waals surface area contributed by atoms with E-state index in [2.05, 4.69) is 10.8 Å². The quantitative estimate of drug-likeness (QED) is 0.521. The van der Waals surface area contributed by atoms with Crippen LogP contribution in [0.5, 0.6) is 0 Å². The van der Waals surface area contributed by atoms with Crippen molar-refractivity contribution in [2.24, 2.45) is 16.7 Å². The Labute approximate surface area is 167 Å². The van der Waals surface area contributed by atoms with Crippen molar-refractivity contribution >= 4 is 23.5 Å². The van der Waals surface area contributed by atoms with E-state index in [1.807, 2.05) is 0 Å². The smallest absolute Gasteiger partial charge is 0.366 e. The van der Waals surface area contributed by atoms with Crippen molar-refractivity contribution in [2.45, 2.75) is 33.7 Å². The minimum atomic E-state index is -1.29. The lowest BCUT2D eigenvalue weighted by atomic mass is 9.89. The van der Waals surface area contributed by atoms with Gasteiger partial charge in [0.25, 0.3) is 0 Å². The molecule has 2 atom stereocenters. The average Bonchev–Trinajstić information content (AvgIpc) is 2.93. The van der Waals surface area contributed by atoms with Crippen molar-refractivity contribution in [2.75, 3.05) is 6.61 Å². The van der Waals surface area contributed by atoms with Crippen LogP contribution in [0.1, 0.15) is 32.0 Å². The first-order valence-electron chi connectivity index (χ1n) is 8.77. The molecular weight excluding hydrogens is 387 g/mol. The summed E-state index contributed by atoms with van der Waals surface area (Å²) in [5.74, 6) is -3.97. The van der Waals surface area contributed by atoms with E-state index in [1.165, 1.54) is 5.54 Å². The maximum Gasteiger partial charge on any atom is 0.366 e. The van der Waals surface area contributed by atoms with E-state index in [-0.39, 0.29) is 13.0 Å². The molecule has 1 fully saturated rings. The van der Waals surface area contributed by atoms with Crippen molar-refractivity contribution in [1.82, 2.24) is 4.57 Å². The molecule has 2 rings (SSSR count). The van der Waals surface area contributed by atoms with Crippen LogP contribution in [0.15, 0.2) is 35.8 Å². The van der Waals surface area contributed by atoms with Gasteiger partial charge in [-0.15, -0.1) is 0 Å². The number of rotatable bonds is 8. The molecule has 0 spiro atoms. The minimum absolute atomic E-state index is 0.0272. The summed E-state index contributed by atoms with van der Waals surface area (Å²) in [5.41, 5.74) is 0.268. The highest BCUT2D eigenvalue weighted by molar-refractivity contribution is 6.25. The van der Waals surface area contributed by atoms with Gasteiger partial charge in [0.05, 0.1) is 12.0 Å². The van der Waals surface area contributed by atoms with Crippen molar-refractivity contribution in [3.63, 3.8) is 0 Å². The third-order valence-electron chi connectivity index (χ3n) is 5.48. The Morgan fingerprint density at radius 3 is 2.71 bits per heavy atom. The highest BCUT2D eigenvalue weighted by atomic mass is 35.5. The number of hydrogen-bond acceptors (Lipinski definition) is 4. The molecule has 0 amide bonds. The lowest BCUT2D eigenvalue weighted by Gasteiger charge is -2.14. The molecule has 1 heterocycles. The Morgan fingerprint density at radius 1 is 1.50 bits per heavy atom. The van der Waals surface area contributed by atoms with Crippen molar-refractivity contribution in [3.8, 4) is 6.07 Å². The lowest BCUT2D eigenvalue weighted by Crippen LogP contribution is -2.24. The first-order chi connectivity index (χ1) is 13.1. The Hall–Kier alpha value is -2.59. The van der Waals surface area contributed by atoms with E-state index in [0.29, 0.717) is 17.8 Å². The van der Waals surface area contributed by atoms with Gasteiger partial charge in [-0.2, -0.15) is 9.65 Å². The first kappa shape index (κ1) is 21.7. The zero-order valence-corrected chi connectivity index (χ0v) is 16.7. The highest BCUT2D eigenvalue weighted by Gasteiger charge is 2.74. The molecule has 1 aromatic heterocycles. The van der Waals surface area contributed by atoms with Crippen LogP contribution in [0, 0.1) is 28.1 Å². The standard InChI is InChI=1S/C20H22ClFN2O4/c1-4-28-17(25)15(22)9-16-19(2,3)20(16,18(26)27)10-13-8-14(11-23)24(12-13)7-5-6-21/h5-6,8-9,12,16H,4,7,10H2,1-3H3,(H,26,27)/t16-,20+/m1/s1. The number of carbonyl (C=O) groups is 2. The topological polar surface area (TPSA) is 92.3 Å². The fourth-order valence-electron chi connectivity index (χ4n) is 3.87. The number of nitrogens with zero attached hydrogens (tertiary/aromatic N) is 2. The zero-order valence-electron chi connectivity index (χ0n) is 15.9. The molecule has 1 saturated carbocycles. The second-order valence-corrected chi connectivity index (χ2v) is 7.50. The number of hydrogen-bond donors (Lipinski definition) is 1. The predicted molar refractivity (Wildman–Crippen MR) is 101 cm³/mol. The zero-order chi connectivity index (χ0) is 21.1. The summed E-state index contributed by atoms with van der Waals surface area (Å²) in [7, 11) is 0. The van der Waals surface area contributed by atoms with E-state index in [9.17, 15) is 24.3 Å². The van der Waals surface area contributed by atoms with Crippen molar-refractivity contribution in [3.05, 3.63) is 47.0 Å². The number of nitriles is 1. The summed E-state index contributed by atoms with van der Waals surface area (Å²) >= 11 is 5.53. The molecule has 0 bridgehead atoms. The van der Waals surface area contributed by atoms with Crippen LogP contribution in [0.25, 0.3) is 0 Å². The van der Waals surface area contributed by atoms with Gasteiger partial charge >= 0.3 is 11.9 Å². The number of carboxylic acid groups (broad SMARTS) is 1. The Morgan fingerprint density at radius 2 is 2.18 bits per heavy atom. The number of aromatic nitrogens is 1. The van der Waals surface area contributed by atoms with Gasteiger partial charge in [-0.1, -0.05) is 31.5 Å². The van der Waals surface area contributed by atoms with Gasteiger partial charge in [0.2, 0.25) is 5.83 Å². The van der Waals surface area contributed by atoms with E-state index < -0.39 is 34.5 Å². The summed E-state index contributed by atoms with van der Waals surface area (Å²) in [6.07, 6.45) is 4.49. The van der Waals surface area contributed by atoms with Crippen LogP contribution >= 0.6 is 11.6 Å². The van der Waals surface area contributed by atoms with Crippen molar-refractivity contribution < 1.29 is 23.8 Å². The molecule has 150 valence electrons. The first-order valence-corrected chi connectivity index (χ1v) is 9.21. The van der Waals surface area contributed by atoms with Gasteiger partial charge in [0.15, 0.2) is 0 Å². The molecule has 0 unspecified atom stereocenters. The molecular formula is C20H22ClFN2O4. The van der Waals surface area contributed by atoms with E-state index >= 15 is 0 Å². The molecule has 1 aliphatic carbocycles. The second-order valence-electron chi connectivity index (χ2n) is 7.25. The van der Waals surface area contributed by atoms with Gasteiger partial charge < -0.3 is 14.4 Å². The maximum absolute atomic E-state index is 14.2. The third kappa shape index (κ3) is 3.69. The molecule has 0 radical (unpaired) electrons. The fourth-order valence-corrected chi connectivity index (χ4v) is 3.95. The summed E-state index contributed by atoms with van der Waals surface area (Å²) in [5, 5.41) is 19.2. The number of carboxylic acids is 1. The number of ether oxygens (including phenoxy) is 1. The molecule has 1 aromatic rings. The predicted octanol–water partition coefficient (Wildman–Crippen LogP) is 3.80. The molecule has 8 heteroatoms. The number of carbonyl (C=O) groups excluding carboxylic acids is 1.